The lowest BCUT2D eigenvalue weighted by atomic mass is 9.74. The van der Waals surface area contributed by atoms with Crippen LogP contribution in [-0.4, -0.2) is 35.5 Å². The van der Waals surface area contributed by atoms with E-state index in [2.05, 4.69) is 12.8 Å². The highest BCUT2D eigenvalue weighted by molar-refractivity contribution is 5.86. The van der Waals surface area contributed by atoms with Gasteiger partial charge < -0.3 is 9.64 Å². The summed E-state index contributed by atoms with van der Waals surface area (Å²) in [7, 11) is 1.66. The number of hydrogen-bond acceptors (Lipinski definition) is 3. The van der Waals surface area contributed by atoms with Crippen LogP contribution in [0, 0.1) is 37.0 Å². The smallest absolute Gasteiger partial charge is 0.332 e. The fourth-order valence-corrected chi connectivity index (χ4v) is 2.59. The minimum atomic E-state index is -0.806. The van der Waals surface area contributed by atoms with E-state index in [0.717, 1.165) is 0 Å². The topological polar surface area (TPSA) is 46.6 Å². The Morgan fingerprint density at radius 1 is 1.38 bits per heavy atom. The van der Waals surface area contributed by atoms with Crippen molar-refractivity contribution in [1.82, 2.24) is 4.90 Å². The van der Waals surface area contributed by atoms with Crippen molar-refractivity contribution in [2.75, 3.05) is 7.05 Å². The summed E-state index contributed by atoms with van der Waals surface area (Å²) >= 11 is 0. The number of carbonyl (C=O) groups is 2. The second kappa shape index (κ2) is 6.43. The number of likely N-dealkylation sites (N-methyl/N-ethyl adjacent to an activating group) is 1. The first-order valence-corrected chi connectivity index (χ1v) is 7.37. The van der Waals surface area contributed by atoms with E-state index in [1.54, 1.807) is 20.9 Å². The number of hydrogen-bond donors (Lipinski definition) is 0. The van der Waals surface area contributed by atoms with Crippen molar-refractivity contribution in [1.29, 1.82) is 0 Å². The first-order chi connectivity index (χ1) is 9.56. The predicted molar refractivity (Wildman–Crippen MR) is 82.0 cm³/mol. The van der Waals surface area contributed by atoms with Crippen molar-refractivity contribution >= 4 is 11.9 Å². The average molecular weight is 292 g/mol. The third kappa shape index (κ3) is 4.42. The molecule has 0 heterocycles. The molecule has 1 rings (SSSR count). The van der Waals surface area contributed by atoms with Crippen molar-refractivity contribution in [2.45, 2.75) is 52.2 Å². The molecular formula is C17H26NO3+. The predicted octanol–water partition coefficient (Wildman–Crippen LogP) is 2.28. The van der Waals surface area contributed by atoms with E-state index in [1.165, 1.54) is 4.90 Å². The zero-order valence-corrected chi connectivity index (χ0v) is 13.7. The highest BCUT2D eigenvalue weighted by Crippen LogP contribution is 2.35. The van der Waals surface area contributed by atoms with Gasteiger partial charge in [-0.25, -0.2) is 4.79 Å². The van der Waals surface area contributed by atoms with Gasteiger partial charge in [0.15, 0.2) is 0 Å². The Bertz CT molecular complexity index is 436. The van der Waals surface area contributed by atoms with E-state index >= 15 is 0 Å². The first kappa shape index (κ1) is 17.4. The molecule has 1 aliphatic carbocycles. The molecule has 1 aliphatic rings. The van der Waals surface area contributed by atoms with E-state index in [0.29, 0.717) is 12.8 Å². The summed E-state index contributed by atoms with van der Waals surface area (Å²) in [4.78, 5) is 26.3. The van der Waals surface area contributed by atoms with Gasteiger partial charge >= 0.3 is 5.97 Å². The minimum absolute atomic E-state index is 0.0287. The lowest BCUT2D eigenvalue weighted by molar-refractivity contribution is -0.165. The van der Waals surface area contributed by atoms with E-state index in [4.69, 9.17) is 11.2 Å². The van der Waals surface area contributed by atoms with Crippen LogP contribution in [0.5, 0.6) is 0 Å². The third-order valence-corrected chi connectivity index (χ3v) is 3.74. The maximum absolute atomic E-state index is 12.4. The Morgan fingerprint density at radius 2 is 1.90 bits per heavy atom. The molecule has 4 nitrogen and oxygen atoms in total. The van der Waals surface area contributed by atoms with Crippen LogP contribution in [0.25, 0.3) is 0 Å². The standard InChI is InChI=1S/C17H26NO3/c1-8-12-9-13(10-12)15(19)18(7)14(11(2)3)16(20)21-17(4,5)6/h1,11-14H,4,9-10H2,2-3,5-7H3/q+1/t12?,13?,14-/m0/s1. The Labute approximate surface area is 128 Å². The van der Waals surface area contributed by atoms with Crippen LogP contribution in [0.15, 0.2) is 0 Å². The second-order valence-corrected chi connectivity index (χ2v) is 6.85. The summed E-state index contributed by atoms with van der Waals surface area (Å²) < 4.78 is 5.33. The zero-order chi connectivity index (χ0) is 16.4. The van der Waals surface area contributed by atoms with E-state index in [-0.39, 0.29) is 23.7 Å². The summed E-state index contributed by atoms with van der Waals surface area (Å²) in [5.41, 5.74) is -0.806. The fraction of sp³-hybridized carbons (Fsp3) is 0.706. The molecule has 0 aromatic rings. The fourth-order valence-electron chi connectivity index (χ4n) is 2.59. The van der Waals surface area contributed by atoms with Gasteiger partial charge in [0, 0.05) is 32.7 Å². The molecule has 0 spiro atoms. The molecule has 1 saturated carbocycles. The number of rotatable bonds is 5. The summed E-state index contributed by atoms with van der Waals surface area (Å²) in [6.07, 6.45) is 6.76. The normalized spacial score (nSPS) is 22.9. The van der Waals surface area contributed by atoms with Gasteiger partial charge in [0.05, 0.1) is 0 Å². The molecule has 21 heavy (non-hydrogen) atoms. The van der Waals surface area contributed by atoms with Gasteiger partial charge in [-0.15, -0.1) is 12.3 Å². The summed E-state index contributed by atoms with van der Waals surface area (Å²) in [6.45, 7) is 11.0. The molecular weight excluding hydrogens is 266 g/mol. The molecule has 0 aromatic heterocycles. The second-order valence-electron chi connectivity index (χ2n) is 6.85. The number of terminal acetylenes is 1. The lowest BCUT2D eigenvalue weighted by Crippen LogP contribution is -2.51. The number of amides is 1. The van der Waals surface area contributed by atoms with Gasteiger partial charge in [0.25, 0.3) is 0 Å². The van der Waals surface area contributed by atoms with Crippen molar-refractivity contribution in [3.8, 4) is 12.3 Å². The van der Waals surface area contributed by atoms with Crippen LogP contribution in [0.4, 0.5) is 0 Å². The Balaban J connectivity index is 2.74. The Hall–Kier alpha value is -1.63. The molecule has 116 valence electrons. The number of carbonyl (C=O) groups excluding carboxylic acids is 2. The number of nitrogens with zero attached hydrogens (tertiary/aromatic N) is 1. The molecule has 0 radical (unpaired) electrons. The molecule has 0 saturated heterocycles. The van der Waals surface area contributed by atoms with Crippen LogP contribution in [0.1, 0.15) is 40.5 Å². The van der Waals surface area contributed by atoms with Gasteiger partial charge in [-0.3, -0.25) is 4.79 Å². The Kier molecular flexibility index (Phi) is 5.33. The summed E-state index contributed by atoms with van der Waals surface area (Å²) in [5, 5.41) is 0. The van der Waals surface area contributed by atoms with Crippen molar-refractivity contribution in [3.05, 3.63) is 6.92 Å². The van der Waals surface area contributed by atoms with Crippen LogP contribution in [0.2, 0.25) is 0 Å². The minimum Gasteiger partial charge on any atom is -0.417 e. The van der Waals surface area contributed by atoms with Gasteiger partial charge in [0.2, 0.25) is 11.5 Å². The Morgan fingerprint density at radius 3 is 2.29 bits per heavy atom. The molecule has 0 N–H and O–H groups in total. The molecule has 1 fully saturated rings. The van der Waals surface area contributed by atoms with Gasteiger partial charge in [-0.1, -0.05) is 13.8 Å². The molecule has 0 bridgehead atoms. The van der Waals surface area contributed by atoms with Crippen LogP contribution >= 0.6 is 0 Å². The van der Waals surface area contributed by atoms with Crippen LogP contribution < -0.4 is 0 Å². The number of esters is 1. The van der Waals surface area contributed by atoms with Crippen molar-refractivity contribution in [2.24, 2.45) is 17.8 Å². The van der Waals surface area contributed by atoms with Crippen LogP contribution in [0.3, 0.4) is 0 Å². The maximum atomic E-state index is 12.4. The van der Waals surface area contributed by atoms with Crippen molar-refractivity contribution < 1.29 is 14.3 Å². The molecule has 1 amide bonds. The van der Waals surface area contributed by atoms with Gasteiger partial charge in [-0.2, -0.15) is 0 Å². The van der Waals surface area contributed by atoms with Gasteiger partial charge in [-0.05, 0) is 18.8 Å². The summed E-state index contributed by atoms with van der Waals surface area (Å²) in [5.74, 6) is 2.31. The van der Waals surface area contributed by atoms with E-state index in [1.807, 2.05) is 13.8 Å². The van der Waals surface area contributed by atoms with Crippen molar-refractivity contribution in [3.63, 3.8) is 0 Å². The third-order valence-electron chi connectivity index (χ3n) is 3.74. The maximum Gasteiger partial charge on any atom is 0.332 e. The quantitative estimate of drug-likeness (QED) is 0.444. The van der Waals surface area contributed by atoms with E-state index < -0.39 is 17.6 Å². The van der Waals surface area contributed by atoms with Crippen LogP contribution in [-0.2, 0) is 14.3 Å². The highest BCUT2D eigenvalue weighted by atomic mass is 16.6. The lowest BCUT2D eigenvalue weighted by Gasteiger charge is -2.37. The highest BCUT2D eigenvalue weighted by Gasteiger charge is 2.41. The molecule has 0 unspecified atom stereocenters. The molecule has 1 atom stereocenters. The summed E-state index contributed by atoms with van der Waals surface area (Å²) in [6, 6.07) is -0.594. The molecule has 4 heteroatoms. The molecule has 0 aliphatic heterocycles. The largest absolute Gasteiger partial charge is 0.417 e. The number of ether oxygens (including phenoxy) is 1. The molecule has 0 aromatic carbocycles. The van der Waals surface area contributed by atoms with E-state index in [9.17, 15) is 9.59 Å². The SMILES string of the molecule is C#CC1CC(C(=O)N(C)[C@H](C(=O)OC([CH2+])(C)C)C(C)C)C1. The average Bonchev–Trinajstić information content (AvgIpc) is 2.24. The van der Waals surface area contributed by atoms with Gasteiger partial charge in [0.1, 0.15) is 13.0 Å². The zero-order valence-electron chi connectivity index (χ0n) is 13.7. The monoisotopic (exact) mass is 292 g/mol. The first-order valence-electron chi connectivity index (χ1n) is 7.37.